The summed E-state index contributed by atoms with van der Waals surface area (Å²) in [5.74, 6) is -0.00206. The van der Waals surface area contributed by atoms with Gasteiger partial charge in [0.2, 0.25) is 5.91 Å². The zero-order valence-electron chi connectivity index (χ0n) is 17.9. The highest BCUT2D eigenvalue weighted by molar-refractivity contribution is 6.08. The molecule has 0 unspecified atom stereocenters. The van der Waals surface area contributed by atoms with Crippen LogP contribution in [0.15, 0.2) is 30.7 Å². The van der Waals surface area contributed by atoms with Crippen LogP contribution in [0.1, 0.15) is 48.2 Å². The minimum absolute atomic E-state index is 0.00790. The van der Waals surface area contributed by atoms with Crippen molar-refractivity contribution >= 4 is 40.1 Å². The number of benzene rings is 1. The first-order valence-corrected chi connectivity index (χ1v) is 11.0. The van der Waals surface area contributed by atoms with Crippen molar-refractivity contribution in [3.8, 4) is 5.75 Å². The SMILES string of the molecule is O=C1COc2ccc(CNC(=O)c3ncnc4c(NC(=O)C5CCCCC5)c[nH]c34)cc2N1. The Balaban J connectivity index is 1.29. The van der Waals surface area contributed by atoms with Crippen LogP contribution in [0, 0.1) is 5.92 Å². The largest absolute Gasteiger partial charge is 0.482 e. The quantitative estimate of drug-likeness (QED) is 0.473. The van der Waals surface area contributed by atoms with Crippen molar-refractivity contribution in [1.82, 2.24) is 20.3 Å². The molecule has 3 aromatic rings. The van der Waals surface area contributed by atoms with E-state index in [0.717, 1.165) is 31.2 Å². The summed E-state index contributed by atoms with van der Waals surface area (Å²) in [6, 6.07) is 5.33. The second-order valence-electron chi connectivity index (χ2n) is 8.32. The monoisotopic (exact) mass is 448 g/mol. The molecule has 10 nitrogen and oxygen atoms in total. The molecule has 0 radical (unpaired) electrons. The molecule has 1 aliphatic carbocycles. The fraction of sp³-hybridized carbons (Fsp3) is 0.348. The molecular weight excluding hydrogens is 424 g/mol. The van der Waals surface area contributed by atoms with Gasteiger partial charge in [0.1, 0.15) is 17.6 Å². The second-order valence-corrected chi connectivity index (χ2v) is 8.32. The number of H-pyrrole nitrogens is 1. The number of aromatic nitrogens is 3. The third-order valence-corrected chi connectivity index (χ3v) is 6.04. The van der Waals surface area contributed by atoms with E-state index < -0.39 is 0 Å². The van der Waals surface area contributed by atoms with Gasteiger partial charge in [-0.1, -0.05) is 25.3 Å². The van der Waals surface area contributed by atoms with Gasteiger partial charge in [0, 0.05) is 18.7 Å². The fourth-order valence-electron chi connectivity index (χ4n) is 4.31. The van der Waals surface area contributed by atoms with E-state index in [1.807, 2.05) is 6.07 Å². The summed E-state index contributed by atoms with van der Waals surface area (Å²) in [6.45, 7) is 0.228. The van der Waals surface area contributed by atoms with Gasteiger partial charge in [-0.2, -0.15) is 0 Å². The van der Waals surface area contributed by atoms with Crippen molar-refractivity contribution in [1.29, 1.82) is 0 Å². The van der Waals surface area contributed by atoms with Gasteiger partial charge < -0.3 is 25.7 Å². The van der Waals surface area contributed by atoms with E-state index in [2.05, 4.69) is 30.9 Å². The van der Waals surface area contributed by atoms with Crippen LogP contribution >= 0.6 is 0 Å². The number of rotatable bonds is 5. The lowest BCUT2D eigenvalue weighted by Crippen LogP contribution is -2.26. The number of fused-ring (bicyclic) bond motifs is 2. The number of nitrogens with one attached hydrogen (secondary N) is 4. The Morgan fingerprint density at radius 1 is 1.15 bits per heavy atom. The molecule has 1 aromatic carbocycles. The van der Waals surface area contributed by atoms with Crippen molar-refractivity contribution in [2.75, 3.05) is 17.2 Å². The average Bonchev–Trinajstić information content (AvgIpc) is 3.25. The molecule has 5 rings (SSSR count). The summed E-state index contributed by atoms with van der Waals surface area (Å²) in [5.41, 5.74) is 3.05. The number of hydrogen-bond donors (Lipinski definition) is 4. The first-order chi connectivity index (χ1) is 16.1. The number of carbonyl (C=O) groups is 3. The number of amides is 3. The van der Waals surface area contributed by atoms with Gasteiger partial charge in [-0.05, 0) is 30.5 Å². The molecule has 4 N–H and O–H groups in total. The Morgan fingerprint density at radius 3 is 2.85 bits per heavy atom. The van der Waals surface area contributed by atoms with Crippen LogP contribution in [0.25, 0.3) is 11.0 Å². The molecule has 10 heteroatoms. The number of anilines is 2. The third-order valence-electron chi connectivity index (χ3n) is 6.04. The van der Waals surface area contributed by atoms with Gasteiger partial charge in [-0.3, -0.25) is 14.4 Å². The predicted octanol–water partition coefficient (Wildman–Crippen LogP) is 2.74. The smallest absolute Gasteiger partial charge is 0.272 e. The number of ether oxygens (including phenoxy) is 1. The van der Waals surface area contributed by atoms with Crippen molar-refractivity contribution in [3.63, 3.8) is 0 Å². The van der Waals surface area contributed by atoms with Crippen LogP contribution in [0.2, 0.25) is 0 Å². The molecule has 2 aromatic heterocycles. The molecule has 0 spiro atoms. The van der Waals surface area contributed by atoms with Gasteiger partial charge in [-0.25, -0.2) is 9.97 Å². The Hall–Kier alpha value is -3.95. The Morgan fingerprint density at radius 2 is 2.00 bits per heavy atom. The minimum atomic E-state index is -0.382. The number of nitrogens with zero attached hydrogens (tertiary/aromatic N) is 2. The number of aromatic amines is 1. The van der Waals surface area contributed by atoms with Crippen LogP contribution in [0.3, 0.4) is 0 Å². The van der Waals surface area contributed by atoms with E-state index in [9.17, 15) is 14.4 Å². The molecule has 1 aliphatic heterocycles. The first-order valence-electron chi connectivity index (χ1n) is 11.0. The summed E-state index contributed by atoms with van der Waals surface area (Å²) in [4.78, 5) is 48.4. The molecule has 3 amide bonds. The zero-order chi connectivity index (χ0) is 22.8. The molecule has 3 heterocycles. The predicted molar refractivity (Wildman–Crippen MR) is 121 cm³/mol. The maximum Gasteiger partial charge on any atom is 0.272 e. The summed E-state index contributed by atoms with van der Waals surface area (Å²) in [6.07, 6.45) is 8.07. The van der Waals surface area contributed by atoms with Gasteiger partial charge in [0.15, 0.2) is 12.3 Å². The highest BCUT2D eigenvalue weighted by Crippen LogP contribution is 2.29. The lowest BCUT2D eigenvalue weighted by Gasteiger charge is -2.20. The van der Waals surface area contributed by atoms with Crippen LogP contribution < -0.4 is 20.7 Å². The van der Waals surface area contributed by atoms with Gasteiger partial charge in [0.05, 0.1) is 16.9 Å². The summed E-state index contributed by atoms with van der Waals surface area (Å²) in [5, 5.41) is 8.54. The molecule has 33 heavy (non-hydrogen) atoms. The highest BCUT2D eigenvalue weighted by Gasteiger charge is 2.23. The topological polar surface area (TPSA) is 138 Å². The maximum absolute atomic E-state index is 12.8. The van der Waals surface area contributed by atoms with E-state index in [4.69, 9.17) is 4.74 Å². The fourth-order valence-corrected chi connectivity index (χ4v) is 4.31. The standard InChI is InChI=1S/C23H24N6O4/c30-18-11-33-17-7-6-13(8-15(17)28-18)9-25-23(32)21-20-19(26-12-27-21)16(10-24-20)29-22(31)14-4-2-1-3-5-14/h6-8,10,12,14,24H,1-5,9,11H2,(H,25,32)(H,28,30)(H,29,31). The number of carbonyl (C=O) groups excluding carboxylic acids is 3. The Labute approximate surface area is 189 Å². The lowest BCUT2D eigenvalue weighted by atomic mass is 9.88. The van der Waals surface area contributed by atoms with E-state index in [0.29, 0.717) is 28.2 Å². The summed E-state index contributed by atoms with van der Waals surface area (Å²) < 4.78 is 5.35. The second kappa shape index (κ2) is 8.89. The number of hydrogen-bond acceptors (Lipinski definition) is 6. The molecular formula is C23H24N6O4. The van der Waals surface area contributed by atoms with E-state index >= 15 is 0 Å². The third kappa shape index (κ3) is 4.36. The van der Waals surface area contributed by atoms with Crippen molar-refractivity contribution in [3.05, 3.63) is 42.0 Å². The van der Waals surface area contributed by atoms with E-state index in [-0.39, 0.29) is 42.5 Å². The van der Waals surface area contributed by atoms with Crippen molar-refractivity contribution < 1.29 is 19.1 Å². The molecule has 0 saturated heterocycles. The molecule has 1 saturated carbocycles. The lowest BCUT2D eigenvalue weighted by molar-refractivity contribution is -0.121. The maximum atomic E-state index is 12.8. The van der Waals surface area contributed by atoms with Gasteiger partial charge >= 0.3 is 0 Å². The average molecular weight is 448 g/mol. The van der Waals surface area contributed by atoms with Crippen LogP contribution in [0.5, 0.6) is 5.75 Å². The molecule has 2 aliphatic rings. The molecule has 0 bridgehead atoms. The zero-order valence-corrected chi connectivity index (χ0v) is 17.9. The summed E-state index contributed by atoms with van der Waals surface area (Å²) in [7, 11) is 0. The van der Waals surface area contributed by atoms with Crippen molar-refractivity contribution in [2.45, 2.75) is 38.6 Å². The normalized spacial score (nSPS) is 15.9. The molecule has 1 fully saturated rings. The van der Waals surface area contributed by atoms with Gasteiger partial charge in [0.25, 0.3) is 11.8 Å². The van der Waals surface area contributed by atoms with Crippen LogP contribution in [-0.4, -0.2) is 39.3 Å². The summed E-state index contributed by atoms with van der Waals surface area (Å²) >= 11 is 0. The Kier molecular flexibility index (Phi) is 5.64. The molecule has 170 valence electrons. The minimum Gasteiger partial charge on any atom is -0.482 e. The first kappa shape index (κ1) is 20.9. The van der Waals surface area contributed by atoms with E-state index in [1.165, 1.54) is 12.7 Å². The van der Waals surface area contributed by atoms with E-state index in [1.54, 1.807) is 18.3 Å². The van der Waals surface area contributed by atoms with Gasteiger partial charge in [-0.15, -0.1) is 0 Å². The Bertz CT molecular complexity index is 1230. The van der Waals surface area contributed by atoms with Crippen LogP contribution in [-0.2, 0) is 16.1 Å². The molecule has 0 atom stereocenters. The van der Waals surface area contributed by atoms with Crippen LogP contribution in [0.4, 0.5) is 11.4 Å². The highest BCUT2D eigenvalue weighted by atomic mass is 16.5. The van der Waals surface area contributed by atoms with Crippen molar-refractivity contribution in [2.24, 2.45) is 5.92 Å².